The van der Waals surface area contributed by atoms with Crippen LogP contribution in [0, 0.1) is 0 Å². The molecule has 0 bridgehead atoms. The highest BCUT2D eigenvalue weighted by Gasteiger charge is 2.05. The average Bonchev–Trinajstić information content (AvgIpc) is 2.73. The van der Waals surface area contributed by atoms with E-state index < -0.39 is 0 Å². The van der Waals surface area contributed by atoms with Gasteiger partial charge in [-0.15, -0.1) is 11.8 Å². The molecule has 0 spiro atoms. The molecule has 28 heavy (non-hydrogen) atoms. The summed E-state index contributed by atoms with van der Waals surface area (Å²) in [4.78, 5) is 13.1. The minimum Gasteiger partial charge on any atom is -0.508 e. The Morgan fingerprint density at radius 2 is 1.64 bits per heavy atom. The molecule has 0 atom stereocenters. The van der Waals surface area contributed by atoms with Crippen molar-refractivity contribution in [3.8, 4) is 11.5 Å². The average molecular weight is 394 g/mol. The van der Waals surface area contributed by atoms with E-state index >= 15 is 0 Å². The van der Waals surface area contributed by atoms with Crippen molar-refractivity contribution in [1.29, 1.82) is 0 Å². The molecule has 0 unspecified atom stereocenters. The SMILES string of the molecule is COc1ccc(NC(=O)CSc2ccc(NCc3ccccc3O)cc2)cc1. The van der Waals surface area contributed by atoms with Gasteiger partial charge in [0.2, 0.25) is 5.91 Å². The molecule has 0 aromatic heterocycles. The van der Waals surface area contributed by atoms with Gasteiger partial charge in [-0.05, 0) is 54.6 Å². The van der Waals surface area contributed by atoms with Gasteiger partial charge < -0.3 is 20.5 Å². The standard InChI is InChI=1S/C22H22N2O3S/c1-27-19-10-6-18(7-11-19)24-22(26)15-28-20-12-8-17(9-13-20)23-14-16-4-2-3-5-21(16)25/h2-13,23,25H,14-15H2,1H3,(H,24,26). The number of carbonyl (C=O) groups is 1. The maximum Gasteiger partial charge on any atom is 0.234 e. The number of aromatic hydroxyl groups is 1. The fourth-order valence-corrected chi connectivity index (χ4v) is 3.25. The van der Waals surface area contributed by atoms with Crippen molar-refractivity contribution in [3.05, 3.63) is 78.4 Å². The van der Waals surface area contributed by atoms with Gasteiger partial charge >= 0.3 is 0 Å². The van der Waals surface area contributed by atoms with Crippen molar-refractivity contribution < 1.29 is 14.6 Å². The van der Waals surface area contributed by atoms with Crippen molar-refractivity contribution >= 4 is 29.0 Å². The first kappa shape index (κ1) is 19.6. The summed E-state index contributed by atoms with van der Waals surface area (Å²) in [6.07, 6.45) is 0. The number of nitrogens with one attached hydrogen (secondary N) is 2. The predicted molar refractivity (Wildman–Crippen MR) is 114 cm³/mol. The third-order valence-electron chi connectivity index (χ3n) is 4.07. The second-order valence-electron chi connectivity index (χ2n) is 6.07. The second-order valence-corrected chi connectivity index (χ2v) is 7.12. The Labute approximate surface area is 168 Å². The monoisotopic (exact) mass is 394 g/mol. The summed E-state index contributed by atoms with van der Waals surface area (Å²) in [6.45, 7) is 0.545. The van der Waals surface area contributed by atoms with E-state index in [1.54, 1.807) is 19.2 Å². The molecule has 3 rings (SSSR count). The van der Waals surface area contributed by atoms with Crippen LogP contribution in [0.25, 0.3) is 0 Å². The van der Waals surface area contributed by atoms with Gasteiger partial charge in [0.15, 0.2) is 0 Å². The molecule has 0 fully saturated rings. The van der Waals surface area contributed by atoms with Crippen molar-refractivity contribution in [1.82, 2.24) is 0 Å². The molecular weight excluding hydrogens is 372 g/mol. The first-order chi connectivity index (χ1) is 13.6. The number of carbonyl (C=O) groups excluding carboxylic acids is 1. The Balaban J connectivity index is 1.45. The topological polar surface area (TPSA) is 70.6 Å². The number of ether oxygens (including phenoxy) is 1. The van der Waals surface area contributed by atoms with Crippen LogP contribution in [0.4, 0.5) is 11.4 Å². The number of thioether (sulfide) groups is 1. The third kappa shape index (κ3) is 5.69. The van der Waals surface area contributed by atoms with Gasteiger partial charge in [0.1, 0.15) is 11.5 Å². The van der Waals surface area contributed by atoms with Crippen LogP contribution in [-0.4, -0.2) is 23.9 Å². The third-order valence-corrected chi connectivity index (χ3v) is 5.08. The van der Waals surface area contributed by atoms with Crippen LogP contribution < -0.4 is 15.4 Å². The highest BCUT2D eigenvalue weighted by molar-refractivity contribution is 8.00. The number of para-hydroxylation sites is 1. The molecule has 6 heteroatoms. The molecule has 0 saturated heterocycles. The van der Waals surface area contributed by atoms with Crippen LogP contribution in [0.2, 0.25) is 0 Å². The lowest BCUT2D eigenvalue weighted by atomic mass is 10.2. The zero-order chi connectivity index (χ0) is 19.8. The van der Waals surface area contributed by atoms with Crippen molar-refractivity contribution in [2.24, 2.45) is 0 Å². The van der Waals surface area contributed by atoms with Crippen LogP contribution in [0.5, 0.6) is 11.5 Å². The summed E-state index contributed by atoms with van der Waals surface area (Å²) < 4.78 is 5.10. The van der Waals surface area contributed by atoms with Crippen LogP contribution in [0.1, 0.15) is 5.56 Å². The summed E-state index contributed by atoms with van der Waals surface area (Å²) in [5.74, 6) is 1.31. The summed E-state index contributed by atoms with van der Waals surface area (Å²) in [5, 5.41) is 15.9. The zero-order valence-electron chi connectivity index (χ0n) is 15.5. The smallest absolute Gasteiger partial charge is 0.234 e. The molecule has 3 N–H and O–H groups in total. The molecule has 0 heterocycles. The van der Waals surface area contributed by atoms with Crippen molar-refractivity contribution in [2.75, 3.05) is 23.5 Å². The van der Waals surface area contributed by atoms with Crippen molar-refractivity contribution in [3.63, 3.8) is 0 Å². The molecular formula is C22H22N2O3S. The second kappa shape index (κ2) is 9.71. The molecule has 0 aliphatic heterocycles. The Bertz CT molecular complexity index is 912. The van der Waals surface area contributed by atoms with E-state index in [1.807, 2.05) is 60.7 Å². The minimum atomic E-state index is -0.0584. The van der Waals surface area contributed by atoms with E-state index in [1.165, 1.54) is 11.8 Å². The van der Waals surface area contributed by atoms with Crippen LogP contribution in [-0.2, 0) is 11.3 Å². The number of phenols is 1. The van der Waals surface area contributed by atoms with E-state index in [0.29, 0.717) is 12.3 Å². The summed E-state index contributed by atoms with van der Waals surface area (Å²) in [6, 6.07) is 22.4. The van der Waals surface area contributed by atoms with Gasteiger partial charge in [-0.25, -0.2) is 0 Å². The predicted octanol–water partition coefficient (Wildman–Crippen LogP) is 4.74. The molecule has 0 aliphatic carbocycles. The molecule has 144 valence electrons. The van der Waals surface area contributed by atoms with Crippen molar-refractivity contribution in [2.45, 2.75) is 11.4 Å². The van der Waals surface area contributed by atoms with Gasteiger partial charge in [-0.2, -0.15) is 0 Å². The number of amides is 1. The van der Waals surface area contributed by atoms with Crippen LogP contribution >= 0.6 is 11.8 Å². The van der Waals surface area contributed by atoms with Gasteiger partial charge in [-0.3, -0.25) is 4.79 Å². The molecule has 5 nitrogen and oxygen atoms in total. The maximum atomic E-state index is 12.1. The zero-order valence-corrected chi connectivity index (χ0v) is 16.3. The lowest BCUT2D eigenvalue weighted by molar-refractivity contribution is -0.113. The minimum absolute atomic E-state index is 0.0584. The number of rotatable bonds is 8. The number of benzene rings is 3. The van der Waals surface area contributed by atoms with E-state index in [0.717, 1.165) is 27.6 Å². The van der Waals surface area contributed by atoms with Crippen LogP contribution in [0.3, 0.4) is 0 Å². The Morgan fingerprint density at radius 3 is 2.32 bits per heavy atom. The molecule has 3 aromatic carbocycles. The Hall–Kier alpha value is -3.12. The summed E-state index contributed by atoms with van der Waals surface area (Å²) in [5.41, 5.74) is 2.54. The summed E-state index contributed by atoms with van der Waals surface area (Å²) in [7, 11) is 1.61. The first-order valence-corrected chi connectivity index (χ1v) is 9.80. The van der Waals surface area contributed by atoms with E-state index in [9.17, 15) is 9.90 Å². The lowest BCUT2D eigenvalue weighted by Crippen LogP contribution is -2.13. The van der Waals surface area contributed by atoms with Gasteiger partial charge in [-0.1, -0.05) is 18.2 Å². The lowest BCUT2D eigenvalue weighted by Gasteiger charge is -2.09. The number of methoxy groups -OCH3 is 1. The quantitative estimate of drug-likeness (QED) is 0.481. The van der Waals surface area contributed by atoms with E-state index in [4.69, 9.17) is 4.74 Å². The fourth-order valence-electron chi connectivity index (χ4n) is 2.55. The molecule has 1 amide bonds. The number of hydrogen-bond donors (Lipinski definition) is 3. The largest absolute Gasteiger partial charge is 0.508 e. The van der Waals surface area contributed by atoms with Gasteiger partial charge in [0.05, 0.1) is 12.9 Å². The number of hydrogen-bond acceptors (Lipinski definition) is 5. The maximum absolute atomic E-state index is 12.1. The number of phenolic OH excluding ortho intramolecular Hbond substituents is 1. The molecule has 0 radical (unpaired) electrons. The van der Waals surface area contributed by atoms with Crippen LogP contribution in [0.15, 0.2) is 77.7 Å². The first-order valence-electron chi connectivity index (χ1n) is 8.81. The normalized spacial score (nSPS) is 10.3. The highest BCUT2D eigenvalue weighted by atomic mass is 32.2. The number of anilines is 2. The Kier molecular flexibility index (Phi) is 6.81. The molecule has 0 aliphatic rings. The molecule has 3 aromatic rings. The Morgan fingerprint density at radius 1 is 0.964 bits per heavy atom. The van der Waals surface area contributed by atoms with Gasteiger partial charge in [0.25, 0.3) is 0 Å². The fraction of sp³-hybridized carbons (Fsp3) is 0.136. The van der Waals surface area contributed by atoms with Gasteiger partial charge in [0, 0.05) is 28.4 Å². The van der Waals surface area contributed by atoms with E-state index in [-0.39, 0.29) is 11.7 Å². The van der Waals surface area contributed by atoms with E-state index in [2.05, 4.69) is 10.6 Å². The summed E-state index contributed by atoms with van der Waals surface area (Å²) >= 11 is 1.48. The molecule has 0 saturated carbocycles. The highest BCUT2D eigenvalue weighted by Crippen LogP contribution is 2.22.